The fourth-order valence-corrected chi connectivity index (χ4v) is 3.94. The normalized spacial score (nSPS) is 18.3. The van der Waals surface area contributed by atoms with Crippen molar-refractivity contribution in [1.82, 2.24) is 9.88 Å². The van der Waals surface area contributed by atoms with Crippen LogP contribution in [0, 0.1) is 0 Å². The van der Waals surface area contributed by atoms with E-state index in [1.165, 1.54) is 5.56 Å². The summed E-state index contributed by atoms with van der Waals surface area (Å²) in [5.41, 5.74) is 4.51. The highest BCUT2D eigenvalue weighted by atomic mass is 35.5. The van der Waals surface area contributed by atoms with Crippen molar-refractivity contribution in [2.24, 2.45) is 0 Å². The van der Waals surface area contributed by atoms with Crippen LogP contribution in [-0.4, -0.2) is 18.2 Å². The van der Waals surface area contributed by atoms with Crippen LogP contribution >= 0.6 is 12.4 Å². The van der Waals surface area contributed by atoms with E-state index >= 15 is 0 Å². The van der Waals surface area contributed by atoms with E-state index in [9.17, 15) is 0 Å². The molecule has 0 amide bonds. The molecule has 7 heteroatoms. The third-order valence-electron chi connectivity index (χ3n) is 5.14. The first-order valence-corrected chi connectivity index (χ1v) is 8.60. The van der Waals surface area contributed by atoms with Crippen molar-refractivity contribution in [3.63, 3.8) is 0 Å². The van der Waals surface area contributed by atoms with Crippen molar-refractivity contribution < 1.29 is 18.9 Å². The third kappa shape index (κ3) is 2.37. The van der Waals surface area contributed by atoms with Gasteiger partial charge < -0.3 is 28.8 Å². The van der Waals surface area contributed by atoms with Crippen molar-refractivity contribution >= 4 is 12.4 Å². The first kappa shape index (κ1) is 16.4. The largest absolute Gasteiger partial charge is 0.454 e. The molecule has 0 saturated carbocycles. The molecule has 3 aliphatic rings. The highest BCUT2D eigenvalue weighted by Crippen LogP contribution is 2.43. The van der Waals surface area contributed by atoms with Crippen molar-refractivity contribution in [3.05, 3.63) is 65.5 Å². The van der Waals surface area contributed by atoms with Crippen molar-refractivity contribution in [3.8, 4) is 28.7 Å². The molecule has 3 aliphatic heterocycles. The fraction of sp³-hybridized carbons (Fsp3) is 0.200. The molecular formula is C20H17ClN2O4. The molecule has 3 aromatic rings. The van der Waals surface area contributed by atoms with Gasteiger partial charge in [0, 0.05) is 18.4 Å². The molecule has 6 nitrogen and oxygen atoms in total. The van der Waals surface area contributed by atoms with E-state index in [1.54, 1.807) is 0 Å². The quantitative estimate of drug-likeness (QED) is 0.695. The van der Waals surface area contributed by atoms with Gasteiger partial charge in [-0.1, -0.05) is 12.1 Å². The van der Waals surface area contributed by atoms with Crippen LogP contribution in [0.1, 0.15) is 22.9 Å². The molecule has 27 heavy (non-hydrogen) atoms. The lowest BCUT2D eigenvalue weighted by Crippen LogP contribution is -2.21. The van der Waals surface area contributed by atoms with E-state index < -0.39 is 0 Å². The first-order valence-electron chi connectivity index (χ1n) is 8.60. The molecule has 1 aromatic heterocycles. The molecule has 1 unspecified atom stereocenters. The molecule has 6 rings (SSSR count). The van der Waals surface area contributed by atoms with E-state index in [0.717, 1.165) is 46.5 Å². The molecule has 0 radical (unpaired) electrons. The van der Waals surface area contributed by atoms with Gasteiger partial charge in [-0.3, -0.25) is 0 Å². The van der Waals surface area contributed by atoms with Gasteiger partial charge in [-0.25, -0.2) is 0 Å². The number of rotatable bonds is 1. The van der Waals surface area contributed by atoms with Crippen molar-refractivity contribution in [2.45, 2.75) is 12.6 Å². The molecule has 2 aromatic carbocycles. The molecule has 0 aliphatic carbocycles. The monoisotopic (exact) mass is 384 g/mol. The molecule has 1 N–H and O–H groups in total. The van der Waals surface area contributed by atoms with Crippen LogP contribution in [0.15, 0.2) is 48.7 Å². The van der Waals surface area contributed by atoms with Crippen LogP contribution in [0.3, 0.4) is 0 Å². The van der Waals surface area contributed by atoms with Crippen LogP contribution in [0.2, 0.25) is 0 Å². The molecule has 0 saturated heterocycles. The highest BCUT2D eigenvalue weighted by molar-refractivity contribution is 5.85. The van der Waals surface area contributed by atoms with Crippen LogP contribution < -0.4 is 24.3 Å². The van der Waals surface area contributed by atoms with E-state index in [1.807, 2.05) is 12.1 Å². The highest BCUT2D eigenvalue weighted by Gasteiger charge is 2.29. The van der Waals surface area contributed by atoms with Gasteiger partial charge in [0.2, 0.25) is 13.6 Å². The maximum absolute atomic E-state index is 5.77. The number of benzene rings is 2. The lowest BCUT2D eigenvalue weighted by molar-refractivity contribution is 0.173. The van der Waals surface area contributed by atoms with Gasteiger partial charge in [0.1, 0.15) is 0 Å². The Morgan fingerprint density at radius 2 is 1.70 bits per heavy atom. The fourth-order valence-electron chi connectivity index (χ4n) is 3.94. The smallest absolute Gasteiger partial charge is 0.231 e. The number of nitrogens with one attached hydrogen (secondary N) is 1. The third-order valence-corrected chi connectivity index (χ3v) is 5.14. The lowest BCUT2D eigenvalue weighted by Gasteiger charge is -2.18. The topological polar surface area (TPSA) is 53.9 Å². The molecule has 4 heterocycles. The minimum absolute atomic E-state index is 0. The molecule has 0 fully saturated rings. The summed E-state index contributed by atoms with van der Waals surface area (Å²) < 4.78 is 24.5. The van der Waals surface area contributed by atoms with Crippen molar-refractivity contribution in [1.29, 1.82) is 0 Å². The Labute approximate surface area is 162 Å². The summed E-state index contributed by atoms with van der Waals surface area (Å²) in [5.74, 6) is 3.20. The van der Waals surface area contributed by atoms with Crippen molar-refractivity contribution in [2.75, 3.05) is 13.6 Å². The van der Waals surface area contributed by atoms with Crippen LogP contribution in [0.4, 0.5) is 0 Å². The summed E-state index contributed by atoms with van der Waals surface area (Å²) in [5, 5.41) is 3.67. The minimum Gasteiger partial charge on any atom is -0.454 e. The number of nitrogens with zero attached hydrogens (tertiary/aromatic N) is 1. The zero-order valence-electron chi connectivity index (χ0n) is 14.3. The van der Waals surface area contributed by atoms with Gasteiger partial charge in [0.25, 0.3) is 0 Å². The average molecular weight is 385 g/mol. The summed E-state index contributed by atoms with van der Waals surface area (Å²) in [6.07, 6.45) is 2.07. The van der Waals surface area contributed by atoms with E-state index in [2.05, 4.69) is 46.4 Å². The number of halogens is 1. The summed E-state index contributed by atoms with van der Waals surface area (Å²) in [6.45, 7) is 1.27. The Kier molecular flexibility index (Phi) is 3.70. The second-order valence-corrected chi connectivity index (χ2v) is 6.54. The second kappa shape index (κ2) is 6.11. The zero-order valence-corrected chi connectivity index (χ0v) is 15.1. The molecule has 138 valence electrons. The average Bonchev–Trinajstić information content (AvgIpc) is 3.40. The van der Waals surface area contributed by atoms with Gasteiger partial charge in [-0.05, 0) is 41.5 Å². The Hall–Kier alpha value is -2.83. The van der Waals surface area contributed by atoms with E-state index in [4.69, 9.17) is 18.9 Å². The maximum Gasteiger partial charge on any atom is 0.231 e. The van der Waals surface area contributed by atoms with Crippen LogP contribution in [0.5, 0.6) is 23.0 Å². The van der Waals surface area contributed by atoms with Crippen LogP contribution in [0.25, 0.3) is 5.69 Å². The number of hydrogen-bond donors (Lipinski definition) is 1. The summed E-state index contributed by atoms with van der Waals surface area (Å²) in [6, 6.07) is 14.4. The summed E-state index contributed by atoms with van der Waals surface area (Å²) in [4.78, 5) is 0. The lowest BCUT2D eigenvalue weighted by atomic mass is 10.0. The standard InChI is InChI=1S/C20H16N2O4.ClH/c1-2-14-18(12-3-5-15-17(8-12)25-10-23-15)21-9-13-4-6-16-20(26-11-24-16)19(13)22(14)7-1;/h1-8,18,21H,9-11H2;1H. The van der Waals surface area contributed by atoms with Gasteiger partial charge in [-0.15, -0.1) is 12.4 Å². The van der Waals surface area contributed by atoms with Gasteiger partial charge in [0.15, 0.2) is 23.0 Å². The number of hydrogen-bond acceptors (Lipinski definition) is 5. The first-order chi connectivity index (χ1) is 12.9. The molecule has 1 atom stereocenters. The van der Waals surface area contributed by atoms with E-state index in [0.29, 0.717) is 0 Å². The number of aromatic nitrogens is 1. The molecular weight excluding hydrogens is 368 g/mol. The zero-order chi connectivity index (χ0) is 17.1. The Morgan fingerprint density at radius 1 is 0.889 bits per heavy atom. The number of fused-ring (bicyclic) bond motifs is 6. The van der Waals surface area contributed by atoms with Crippen LogP contribution in [-0.2, 0) is 6.54 Å². The summed E-state index contributed by atoms with van der Waals surface area (Å²) >= 11 is 0. The molecule has 0 bridgehead atoms. The van der Waals surface area contributed by atoms with E-state index in [-0.39, 0.29) is 32.0 Å². The van der Waals surface area contributed by atoms with Gasteiger partial charge in [0.05, 0.1) is 11.7 Å². The Balaban J connectivity index is 0.00000160. The predicted molar refractivity (Wildman–Crippen MR) is 100 cm³/mol. The second-order valence-electron chi connectivity index (χ2n) is 6.54. The number of ether oxygens (including phenoxy) is 4. The Bertz CT molecular complexity index is 1030. The molecule has 0 spiro atoms. The maximum atomic E-state index is 5.77. The minimum atomic E-state index is 0. The van der Waals surface area contributed by atoms with Gasteiger partial charge >= 0.3 is 0 Å². The van der Waals surface area contributed by atoms with Gasteiger partial charge in [-0.2, -0.15) is 0 Å². The Morgan fingerprint density at radius 3 is 2.67 bits per heavy atom. The summed E-state index contributed by atoms with van der Waals surface area (Å²) in [7, 11) is 0. The predicted octanol–water partition coefficient (Wildman–Crippen LogP) is 3.55. The SMILES string of the molecule is Cl.c1cc2n(c1)-c1c(ccc3c1OCO3)CNC2c1ccc2c(c1)OCO2.